The lowest BCUT2D eigenvalue weighted by Gasteiger charge is -2.20. The van der Waals surface area contributed by atoms with Gasteiger partial charge in [-0.15, -0.1) is 0 Å². The molecule has 132 valence electrons. The maximum absolute atomic E-state index is 12.3. The second-order valence-corrected chi connectivity index (χ2v) is 6.28. The fourth-order valence-corrected chi connectivity index (χ4v) is 2.15. The van der Waals surface area contributed by atoms with E-state index in [4.69, 9.17) is 9.47 Å². The number of hydrogen-bond acceptors (Lipinski definition) is 4. The second kappa shape index (κ2) is 8.38. The van der Waals surface area contributed by atoms with Gasteiger partial charge in [-0.05, 0) is 39.8 Å². The van der Waals surface area contributed by atoms with E-state index in [0.29, 0.717) is 17.1 Å². The van der Waals surface area contributed by atoms with Crippen molar-refractivity contribution < 1.29 is 19.1 Å². The Morgan fingerprint density at radius 2 is 1.83 bits per heavy atom. The van der Waals surface area contributed by atoms with Gasteiger partial charge in [0.05, 0.1) is 20.8 Å². The SMILES string of the molecule is CC=Cc1cc(C(=O)NCC(=O)NC(C)(C)C)cc(OC)c1OC. The lowest BCUT2D eigenvalue weighted by atomic mass is 10.1. The highest BCUT2D eigenvalue weighted by Gasteiger charge is 2.17. The van der Waals surface area contributed by atoms with E-state index in [1.165, 1.54) is 7.11 Å². The smallest absolute Gasteiger partial charge is 0.251 e. The van der Waals surface area contributed by atoms with Crippen molar-refractivity contribution in [2.24, 2.45) is 0 Å². The average Bonchev–Trinajstić information content (AvgIpc) is 2.50. The molecule has 0 unspecified atom stereocenters. The van der Waals surface area contributed by atoms with Gasteiger partial charge in [-0.1, -0.05) is 12.2 Å². The molecular formula is C18H26N2O4. The maximum Gasteiger partial charge on any atom is 0.251 e. The van der Waals surface area contributed by atoms with Crippen LogP contribution in [0.25, 0.3) is 6.08 Å². The van der Waals surface area contributed by atoms with Crippen LogP contribution in [-0.4, -0.2) is 38.1 Å². The quantitative estimate of drug-likeness (QED) is 0.837. The lowest BCUT2D eigenvalue weighted by molar-refractivity contribution is -0.121. The number of allylic oxidation sites excluding steroid dienone is 1. The molecule has 0 spiro atoms. The first-order chi connectivity index (χ1) is 11.2. The van der Waals surface area contributed by atoms with Crippen molar-refractivity contribution in [2.45, 2.75) is 33.2 Å². The minimum Gasteiger partial charge on any atom is -0.493 e. The third-order valence-electron chi connectivity index (χ3n) is 3.04. The molecule has 24 heavy (non-hydrogen) atoms. The number of benzene rings is 1. The summed E-state index contributed by atoms with van der Waals surface area (Å²) in [6.07, 6.45) is 3.67. The van der Waals surface area contributed by atoms with Gasteiger partial charge >= 0.3 is 0 Å². The fraction of sp³-hybridized carbons (Fsp3) is 0.444. The Labute approximate surface area is 143 Å². The Balaban J connectivity index is 2.95. The monoisotopic (exact) mass is 334 g/mol. The molecule has 2 N–H and O–H groups in total. The Hall–Kier alpha value is -2.50. The highest BCUT2D eigenvalue weighted by molar-refractivity contribution is 5.98. The molecule has 0 fully saturated rings. The molecule has 0 radical (unpaired) electrons. The molecule has 0 aliphatic carbocycles. The number of methoxy groups -OCH3 is 2. The van der Waals surface area contributed by atoms with Gasteiger partial charge in [0, 0.05) is 16.7 Å². The Morgan fingerprint density at radius 3 is 2.33 bits per heavy atom. The van der Waals surface area contributed by atoms with E-state index < -0.39 is 0 Å². The van der Waals surface area contributed by atoms with Crippen molar-refractivity contribution in [1.82, 2.24) is 10.6 Å². The number of carbonyl (C=O) groups is 2. The van der Waals surface area contributed by atoms with Gasteiger partial charge in [0.25, 0.3) is 5.91 Å². The van der Waals surface area contributed by atoms with Crippen LogP contribution >= 0.6 is 0 Å². The molecule has 0 aliphatic heterocycles. The van der Waals surface area contributed by atoms with E-state index >= 15 is 0 Å². The summed E-state index contributed by atoms with van der Waals surface area (Å²) >= 11 is 0. The van der Waals surface area contributed by atoms with E-state index in [-0.39, 0.29) is 23.9 Å². The zero-order chi connectivity index (χ0) is 18.3. The van der Waals surface area contributed by atoms with E-state index in [1.54, 1.807) is 19.2 Å². The van der Waals surface area contributed by atoms with Crippen LogP contribution in [-0.2, 0) is 4.79 Å². The molecule has 1 aromatic rings. The molecule has 0 aromatic heterocycles. The average molecular weight is 334 g/mol. The zero-order valence-corrected chi connectivity index (χ0v) is 15.1. The second-order valence-electron chi connectivity index (χ2n) is 6.28. The summed E-state index contributed by atoms with van der Waals surface area (Å²) in [5.74, 6) is 0.408. The fourth-order valence-electron chi connectivity index (χ4n) is 2.15. The van der Waals surface area contributed by atoms with Crippen LogP contribution in [0.4, 0.5) is 0 Å². The highest BCUT2D eigenvalue weighted by atomic mass is 16.5. The molecule has 0 saturated heterocycles. The lowest BCUT2D eigenvalue weighted by Crippen LogP contribution is -2.45. The highest BCUT2D eigenvalue weighted by Crippen LogP contribution is 2.33. The van der Waals surface area contributed by atoms with Gasteiger partial charge < -0.3 is 20.1 Å². The summed E-state index contributed by atoms with van der Waals surface area (Å²) in [5.41, 5.74) is 0.775. The van der Waals surface area contributed by atoms with Crippen LogP contribution in [0.15, 0.2) is 18.2 Å². The van der Waals surface area contributed by atoms with Crippen LogP contribution in [0, 0.1) is 0 Å². The number of rotatable bonds is 6. The van der Waals surface area contributed by atoms with Crippen molar-refractivity contribution in [2.75, 3.05) is 20.8 Å². The van der Waals surface area contributed by atoms with Gasteiger partial charge in [0.1, 0.15) is 0 Å². The predicted octanol–water partition coefficient (Wildman–Crippen LogP) is 2.38. The first-order valence-electron chi connectivity index (χ1n) is 7.69. The van der Waals surface area contributed by atoms with Crippen molar-refractivity contribution in [3.05, 3.63) is 29.3 Å². The normalized spacial score (nSPS) is 11.2. The van der Waals surface area contributed by atoms with Crippen LogP contribution in [0.1, 0.15) is 43.6 Å². The molecule has 6 heteroatoms. The molecule has 0 atom stereocenters. The van der Waals surface area contributed by atoms with Gasteiger partial charge in [0.15, 0.2) is 11.5 Å². The van der Waals surface area contributed by atoms with Crippen LogP contribution in [0.2, 0.25) is 0 Å². The summed E-state index contributed by atoms with van der Waals surface area (Å²) in [6, 6.07) is 3.28. The summed E-state index contributed by atoms with van der Waals surface area (Å²) < 4.78 is 10.6. The maximum atomic E-state index is 12.3. The Bertz CT molecular complexity index is 631. The molecule has 0 bridgehead atoms. The Kier molecular flexibility index (Phi) is 6.82. The minimum atomic E-state index is -0.356. The third-order valence-corrected chi connectivity index (χ3v) is 3.04. The molecule has 2 amide bonds. The van der Waals surface area contributed by atoms with Crippen LogP contribution < -0.4 is 20.1 Å². The number of carbonyl (C=O) groups excluding carboxylic acids is 2. The summed E-state index contributed by atoms with van der Waals surface area (Å²) in [6.45, 7) is 7.41. The van der Waals surface area contributed by atoms with Crippen LogP contribution in [0.3, 0.4) is 0 Å². The van der Waals surface area contributed by atoms with E-state index in [0.717, 1.165) is 5.56 Å². The van der Waals surface area contributed by atoms with Crippen molar-refractivity contribution >= 4 is 17.9 Å². The zero-order valence-electron chi connectivity index (χ0n) is 15.1. The topological polar surface area (TPSA) is 76.7 Å². The molecular weight excluding hydrogens is 308 g/mol. The van der Waals surface area contributed by atoms with Gasteiger partial charge in [0.2, 0.25) is 5.91 Å². The molecule has 0 aliphatic rings. The third kappa shape index (κ3) is 5.61. The first kappa shape index (κ1) is 19.5. The number of ether oxygens (including phenoxy) is 2. The molecule has 1 rings (SSSR count). The van der Waals surface area contributed by atoms with Crippen molar-refractivity contribution in [1.29, 1.82) is 0 Å². The van der Waals surface area contributed by atoms with Gasteiger partial charge in [-0.2, -0.15) is 0 Å². The number of amides is 2. The number of hydrogen-bond donors (Lipinski definition) is 2. The van der Waals surface area contributed by atoms with Gasteiger partial charge in [-0.3, -0.25) is 9.59 Å². The standard InChI is InChI=1S/C18H26N2O4/c1-7-8-12-9-13(10-14(23-5)16(12)24-6)17(22)19-11-15(21)20-18(2,3)4/h7-10H,11H2,1-6H3,(H,19,22)(H,20,21). The molecule has 0 saturated carbocycles. The summed E-state index contributed by atoms with van der Waals surface area (Å²) in [7, 11) is 3.05. The molecule has 6 nitrogen and oxygen atoms in total. The van der Waals surface area contributed by atoms with Crippen molar-refractivity contribution in [3.8, 4) is 11.5 Å². The Morgan fingerprint density at radius 1 is 1.17 bits per heavy atom. The first-order valence-corrected chi connectivity index (χ1v) is 7.69. The van der Waals surface area contributed by atoms with Gasteiger partial charge in [-0.25, -0.2) is 0 Å². The predicted molar refractivity (Wildman–Crippen MR) is 94.5 cm³/mol. The number of nitrogens with one attached hydrogen (secondary N) is 2. The van der Waals surface area contributed by atoms with E-state index in [9.17, 15) is 9.59 Å². The van der Waals surface area contributed by atoms with E-state index in [2.05, 4.69) is 10.6 Å². The van der Waals surface area contributed by atoms with Crippen molar-refractivity contribution in [3.63, 3.8) is 0 Å². The minimum absolute atomic E-state index is 0.0939. The molecule has 1 aromatic carbocycles. The summed E-state index contributed by atoms with van der Waals surface area (Å²) in [4.78, 5) is 24.1. The van der Waals surface area contributed by atoms with Crippen LogP contribution in [0.5, 0.6) is 11.5 Å². The van der Waals surface area contributed by atoms with E-state index in [1.807, 2.05) is 39.8 Å². The largest absolute Gasteiger partial charge is 0.493 e. The summed E-state index contributed by atoms with van der Waals surface area (Å²) in [5, 5.41) is 5.40. The molecule has 0 heterocycles.